The van der Waals surface area contributed by atoms with Crippen LogP contribution in [0.3, 0.4) is 0 Å². The summed E-state index contributed by atoms with van der Waals surface area (Å²) >= 11 is 7.45. The molecule has 23 heavy (non-hydrogen) atoms. The number of carboxylic acid groups (broad SMARTS) is 1. The molecular weight excluding hydrogens is 334 g/mol. The third-order valence-electron chi connectivity index (χ3n) is 4.05. The number of carboxylic acids is 1. The molecule has 1 saturated heterocycles. The lowest BCUT2D eigenvalue weighted by atomic mass is 9.98. The summed E-state index contributed by atoms with van der Waals surface area (Å²) in [5.41, 5.74) is 1.15. The van der Waals surface area contributed by atoms with E-state index in [1.165, 1.54) is 0 Å². The van der Waals surface area contributed by atoms with Gasteiger partial charge in [0.25, 0.3) is 0 Å². The number of benzene rings is 1. The van der Waals surface area contributed by atoms with E-state index in [-0.39, 0.29) is 18.4 Å². The van der Waals surface area contributed by atoms with Gasteiger partial charge in [-0.15, -0.1) is 11.8 Å². The number of likely N-dealkylation sites (tertiary alicyclic amines) is 1. The average Bonchev–Trinajstić information content (AvgIpc) is 2.55. The molecule has 1 aromatic carbocycles. The van der Waals surface area contributed by atoms with Gasteiger partial charge in [0.15, 0.2) is 0 Å². The number of carbonyl (C=O) groups excluding carboxylic acids is 1. The Balaban J connectivity index is 1.80. The first-order chi connectivity index (χ1) is 11.1. The van der Waals surface area contributed by atoms with E-state index in [0.29, 0.717) is 17.2 Å². The summed E-state index contributed by atoms with van der Waals surface area (Å²) in [6.07, 6.45) is 3.69. The van der Waals surface area contributed by atoms with E-state index in [9.17, 15) is 9.59 Å². The van der Waals surface area contributed by atoms with Crippen LogP contribution in [-0.4, -0.2) is 40.2 Å². The minimum Gasteiger partial charge on any atom is -0.481 e. The van der Waals surface area contributed by atoms with Crippen LogP contribution in [0.1, 0.15) is 37.7 Å². The van der Waals surface area contributed by atoms with Crippen LogP contribution in [0.25, 0.3) is 0 Å². The van der Waals surface area contributed by atoms with Crippen molar-refractivity contribution in [3.63, 3.8) is 0 Å². The lowest BCUT2D eigenvalue weighted by Gasteiger charge is -2.35. The molecule has 0 spiro atoms. The Hall–Kier alpha value is -1.20. The predicted octanol–water partition coefficient (Wildman–Crippen LogP) is 3.82. The van der Waals surface area contributed by atoms with Crippen molar-refractivity contribution in [2.24, 2.45) is 0 Å². The van der Waals surface area contributed by atoms with E-state index in [2.05, 4.69) is 0 Å². The molecule has 4 nitrogen and oxygen atoms in total. The fourth-order valence-electron chi connectivity index (χ4n) is 2.84. The second kappa shape index (κ2) is 9.18. The summed E-state index contributed by atoms with van der Waals surface area (Å²) in [6, 6.07) is 7.73. The predicted molar refractivity (Wildman–Crippen MR) is 93.8 cm³/mol. The molecule has 1 aliphatic rings. The van der Waals surface area contributed by atoms with Gasteiger partial charge in [-0.05, 0) is 43.4 Å². The highest BCUT2D eigenvalue weighted by molar-refractivity contribution is 7.99. The fraction of sp³-hybridized carbons (Fsp3) is 0.529. The van der Waals surface area contributed by atoms with Gasteiger partial charge < -0.3 is 10.0 Å². The normalized spacial score (nSPS) is 18.0. The minimum atomic E-state index is -0.792. The monoisotopic (exact) mass is 355 g/mol. The van der Waals surface area contributed by atoms with Gasteiger partial charge in [0.2, 0.25) is 5.91 Å². The van der Waals surface area contributed by atoms with Crippen LogP contribution in [0.5, 0.6) is 0 Å². The maximum absolute atomic E-state index is 12.4. The Morgan fingerprint density at radius 2 is 2.00 bits per heavy atom. The van der Waals surface area contributed by atoms with Crippen LogP contribution in [0, 0.1) is 0 Å². The van der Waals surface area contributed by atoms with Crippen molar-refractivity contribution in [3.05, 3.63) is 34.9 Å². The fourth-order valence-corrected chi connectivity index (χ4v) is 3.84. The molecule has 1 heterocycles. The quantitative estimate of drug-likeness (QED) is 0.807. The van der Waals surface area contributed by atoms with Gasteiger partial charge in [-0.25, -0.2) is 0 Å². The zero-order chi connectivity index (χ0) is 16.7. The van der Waals surface area contributed by atoms with Crippen molar-refractivity contribution in [3.8, 4) is 0 Å². The van der Waals surface area contributed by atoms with E-state index in [1.54, 1.807) is 11.8 Å². The topological polar surface area (TPSA) is 57.6 Å². The van der Waals surface area contributed by atoms with E-state index < -0.39 is 5.97 Å². The summed E-state index contributed by atoms with van der Waals surface area (Å²) in [4.78, 5) is 25.1. The van der Waals surface area contributed by atoms with Crippen LogP contribution < -0.4 is 0 Å². The van der Waals surface area contributed by atoms with Crippen molar-refractivity contribution >= 4 is 35.2 Å². The number of thioether (sulfide) groups is 1. The SMILES string of the molecule is O=C(O)CCC1CCCCN1C(=O)CSCc1ccc(Cl)cc1. The molecule has 0 bridgehead atoms. The molecular formula is C17H22ClNO3S. The molecule has 1 atom stereocenters. The van der Waals surface area contributed by atoms with Crippen LogP contribution in [0.15, 0.2) is 24.3 Å². The highest BCUT2D eigenvalue weighted by atomic mass is 35.5. The third kappa shape index (κ3) is 6.07. The smallest absolute Gasteiger partial charge is 0.303 e. The molecule has 1 amide bonds. The van der Waals surface area contributed by atoms with Crippen molar-refractivity contribution in [1.82, 2.24) is 4.90 Å². The van der Waals surface area contributed by atoms with Gasteiger partial charge >= 0.3 is 5.97 Å². The summed E-state index contributed by atoms with van der Waals surface area (Å²) < 4.78 is 0. The number of amides is 1. The summed E-state index contributed by atoms with van der Waals surface area (Å²) in [5, 5.41) is 9.55. The van der Waals surface area contributed by atoms with Crippen LogP contribution in [0.4, 0.5) is 0 Å². The average molecular weight is 356 g/mol. The number of piperidine rings is 1. The Bertz CT molecular complexity index is 535. The molecule has 1 N–H and O–H groups in total. The van der Waals surface area contributed by atoms with Crippen LogP contribution >= 0.6 is 23.4 Å². The van der Waals surface area contributed by atoms with Gasteiger partial charge in [0.1, 0.15) is 0 Å². The molecule has 1 fully saturated rings. The van der Waals surface area contributed by atoms with Gasteiger partial charge in [0.05, 0.1) is 5.75 Å². The van der Waals surface area contributed by atoms with Crippen molar-refractivity contribution in [2.75, 3.05) is 12.3 Å². The second-order valence-corrected chi connectivity index (χ2v) is 7.21. The van der Waals surface area contributed by atoms with Crippen LogP contribution in [-0.2, 0) is 15.3 Å². The molecule has 0 aromatic heterocycles. The molecule has 6 heteroatoms. The highest BCUT2D eigenvalue weighted by Crippen LogP contribution is 2.23. The van der Waals surface area contributed by atoms with E-state index in [0.717, 1.165) is 37.1 Å². The summed E-state index contributed by atoms with van der Waals surface area (Å²) in [5.74, 6) is 0.544. The molecule has 1 aliphatic heterocycles. The first-order valence-electron chi connectivity index (χ1n) is 7.89. The number of hydrogen-bond acceptors (Lipinski definition) is 3. The second-order valence-electron chi connectivity index (χ2n) is 5.79. The van der Waals surface area contributed by atoms with Gasteiger partial charge in [-0.3, -0.25) is 9.59 Å². The molecule has 0 aliphatic carbocycles. The zero-order valence-corrected chi connectivity index (χ0v) is 14.6. The number of aliphatic carboxylic acids is 1. The summed E-state index contributed by atoms with van der Waals surface area (Å²) in [7, 11) is 0. The third-order valence-corrected chi connectivity index (χ3v) is 5.29. The van der Waals surface area contributed by atoms with E-state index in [1.807, 2.05) is 29.2 Å². The molecule has 1 aromatic rings. The largest absolute Gasteiger partial charge is 0.481 e. The van der Waals surface area contributed by atoms with Gasteiger partial charge in [0, 0.05) is 29.8 Å². The number of carbonyl (C=O) groups is 2. The Morgan fingerprint density at radius 3 is 2.70 bits per heavy atom. The Labute approximate surface area is 146 Å². The molecule has 126 valence electrons. The van der Waals surface area contributed by atoms with Crippen molar-refractivity contribution in [2.45, 2.75) is 43.9 Å². The minimum absolute atomic E-state index is 0.0866. The number of halogens is 1. The standard InChI is InChI=1S/C17H22ClNO3S/c18-14-6-4-13(5-7-14)11-23-12-16(20)19-10-2-1-3-15(19)8-9-17(21)22/h4-7,15H,1-3,8-12H2,(H,21,22). The lowest BCUT2D eigenvalue weighted by Crippen LogP contribution is -2.44. The zero-order valence-electron chi connectivity index (χ0n) is 13.0. The molecule has 0 radical (unpaired) electrons. The van der Waals surface area contributed by atoms with Gasteiger partial charge in [-0.2, -0.15) is 0 Å². The first-order valence-corrected chi connectivity index (χ1v) is 9.43. The lowest BCUT2D eigenvalue weighted by molar-refractivity contribution is -0.139. The summed E-state index contributed by atoms with van der Waals surface area (Å²) in [6.45, 7) is 0.755. The van der Waals surface area contributed by atoms with Gasteiger partial charge in [-0.1, -0.05) is 23.7 Å². The number of nitrogens with zero attached hydrogens (tertiary/aromatic N) is 1. The van der Waals surface area contributed by atoms with E-state index >= 15 is 0 Å². The molecule has 0 saturated carbocycles. The number of rotatable bonds is 7. The maximum atomic E-state index is 12.4. The van der Waals surface area contributed by atoms with E-state index in [4.69, 9.17) is 16.7 Å². The Morgan fingerprint density at radius 1 is 1.26 bits per heavy atom. The van der Waals surface area contributed by atoms with Crippen LogP contribution in [0.2, 0.25) is 5.02 Å². The Kier molecular flexibility index (Phi) is 7.24. The van der Waals surface area contributed by atoms with Crippen molar-refractivity contribution in [1.29, 1.82) is 0 Å². The number of hydrogen-bond donors (Lipinski definition) is 1. The molecule has 2 rings (SSSR count). The highest BCUT2D eigenvalue weighted by Gasteiger charge is 2.26. The first kappa shape index (κ1) is 18.1. The van der Waals surface area contributed by atoms with Crippen molar-refractivity contribution < 1.29 is 14.7 Å². The molecule has 1 unspecified atom stereocenters. The maximum Gasteiger partial charge on any atom is 0.303 e.